The van der Waals surface area contributed by atoms with Crippen molar-refractivity contribution in [2.45, 2.75) is 12.1 Å². The van der Waals surface area contributed by atoms with Crippen molar-refractivity contribution in [3.05, 3.63) is 71.8 Å². The average molecular weight is 387 g/mol. The van der Waals surface area contributed by atoms with Crippen LogP contribution in [0.15, 0.2) is 60.1 Å². The van der Waals surface area contributed by atoms with E-state index in [1.165, 1.54) is 11.9 Å². The number of ether oxygens (including phenoxy) is 2. The number of nitrogens with zero attached hydrogens (tertiary/aromatic N) is 4. The first-order valence-electron chi connectivity index (χ1n) is 9.39. The lowest BCUT2D eigenvalue weighted by Gasteiger charge is -2.34. The maximum atomic E-state index is 6.24. The van der Waals surface area contributed by atoms with E-state index in [0.29, 0.717) is 6.61 Å². The van der Waals surface area contributed by atoms with Crippen LogP contribution in [0.1, 0.15) is 16.7 Å². The molecule has 3 aromatic rings. The fraction of sp³-hybridized carbons (Fsp3) is 0.227. The van der Waals surface area contributed by atoms with E-state index < -0.39 is 5.54 Å². The van der Waals surface area contributed by atoms with Gasteiger partial charge in [-0.3, -0.25) is 0 Å². The molecule has 7 heteroatoms. The predicted octanol–water partition coefficient (Wildman–Crippen LogP) is 2.90. The van der Waals surface area contributed by atoms with Crippen molar-refractivity contribution in [2.75, 3.05) is 20.7 Å². The lowest BCUT2D eigenvalue weighted by molar-refractivity contribution is 0.264. The third-order valence-corrected chi connectivity index (χ3v) is 5.26. The van der Waals surface area contributed by atoms with Crippen molar-refractivity contribution in [2.24, 2.45) is 10.7 Å². The minimum Gasteiger partial charge on any atom is -0.462 e. The average Bonchev–Trinajstić information content (AvgIpc) is 3.11. The first-order chi connectivity index (χ1) is 14.0. The van der Waals surface area contributed by atoms with Crippen LogP contribution < -0.4 is 10.5 Å². The Labute approximate surface area is 168 Å². The highest BCUT2D eigenvalue weighted by Gasteiger charge is 2.47. The summed E-state index contributed by atoms with van der Waals surface area (Å²) < 4.78 is 11.9. The molecule has 2 aliphatic heterocycles. The predicted molar refractivity (Wildman–Crippen MR) is 110 cm³/mol. The summed E-state index contributed by atoms with van der Waals surface area (Å²) in [4.78, 5) is 15.2. The smallest absolute Gasteiger partial charge is 0.283 e. The maximum absolute atomic E-state index is 6.24. The van der Waals surface area contributed by atoms with Gasteiger partial charge in [-0.15, -0.1) is 0 Å². The van der Waals surface area contributed by atoms with E-state index in [0.717, 1.165) is 40.3 Å². The number of hydrogen-bond acceptors (Lipinski definition) is 7. The van der Waals surface area contributed by atoms with E-state index in [2.05, 4.69) is 33.1 Å². The Morgan fingerprint density at radius 1 is 1.00 bits per heavy atom. The van der Waals surface area contributed by atoms with E-state index >= 15 is 0 Å². The first kappa shape index (κ1) is 17.6. The number of fused-ring (bicyclic) bond motifs is 4. The van der Waals surface area contributed by atoms with Gasteiger partial charge in [0, 0.05) is 35.6 Å². The van der Waals surface area contributed by atoms with Crippen LogP contribution in [0.25, 0.3) is 11.1 Å². The number of hydrogen-bond donors (Lipinski definition) is 1. The fourth-order valence-electron chi connectivity index (χ4n) is 3.99. The zero-order valence-corrected chi connectivity index (χ0v) is 16.3. The van der Waals surface area contributed by atoms with Crippen molar-refractivity contribution >= 4 is 6.02 Å². The normalized spacial score (nSPS) is 19.3. The summed E-state index contributed by atoms with van der Waals surface area (Å²) in [5, 5.41) is 0. The van der Waals surface area contributed by atoms with Crippen molar-refractivity contribution in [1.29, 1.82) is 0 Å². The standard InChI is InChI=1S/C22H21N5O2/c1-27(2)11-14-3-5-19-17(7-14)22(12-28-21(23)26-22)18-8-15(4-6-20(18)29-19)16-9-24-13-25-10-16/h3-10,13H,11-12H2,1-2H3,(H2,23,26)/t22-/m0/s1. The molecule has 0 saturated heterocycles. The minimum absolute atomic E-state index is 0.190. The highest BCUT2D eigenvalue weighted by molar-refractivity contribution is 5.77. The summed E-state index contributed by atoms with van der Waals surface area (Å²) >= 11 is 0. The van der Waals surface area contributed by atoms with Crippen molar-refractivity contribution < 1.29 is 9.47 Å². The summed E-state index contributed by atoms with van der Waals surface area (Å²) in [6.45, 7) is 1.15. The van der Waals surface area contributed by atoms with Gasteiger partial charge in [0.1, 0.15) is 24.4 Å². The van der Waals surface area contributed by atoms with Crippen LogP contribution >= 0.6 is 0 Å². The Morgan fingerprint density at radius 2 is 1.72 bits per heavy atom. The lowest BCUT2D eigenvalue weighted by atomic mass is 9.80. The zero-order chi connectivity index (χ0) is 20.0. The van der Waals surface area contributed by atoms with Gasteiger partial charge < -0.3 is 20.1 Å². The number of rotatable bonds is 3. The Bertz CT molecular complexity index is 1110. The van der Waals surface area contributed by atoms with E-state index in [9.17, 15) is 0 Å². The van der Waals surface area contributed by atoms with Gasteiger partial charge >= 0.3 is 0 Å². The summed E-state index contributed by atoms with van der Waals surface area (Å²) in [5.41, 5.74) is 10.2. The second kappa shape index (κ2) is 6.56. The molecule has 0 saturated carbocycles. The maximum Gasteiger partial charge on any atom is 0.283 e. The highest BCUT2D eigenvalue weighted by Crippen LogP contribution is 2.51. The molecule has 1 aromatic heterocycles. The molecular weight excluding hydrogens is 366 g/mol. The van der Waals surface area contributed by atoms with Gasteiger partial charge in [-0.25, -0.2) is 15.0 Å². The van der Waals surface area contributed by atoms with Crippen LogP contribution in [0.3, 0.4) is 0 Å². The number of benzene rings is 2. The lowest BCUT2D eigenvalue weighted by Crippen LogP contribution is -2.31. The highest BCUT2D eigenvalue weighted by atomic mass is 16.5. The molecule has 2 aromatic carbocycles. The molecule has 29 heavy (non-hydrogen) atoms. The second-order valence-electron chi connectivity index (χ2n) is 7.61. The third kappa shape index (κ3) is 2.91. The van der Waals surface area contributed by atoms with Gasteiger partial charge in [0.05, 0.1) is 0 Å². The molecule has 1 spiro atoms. The Kier molecular flexibility index (Phi) is 3.99. The Hall–Kier alpha value is -3.45. The molecule has 1 atom stereocenters. The molecule has 0 fully saturated rings. The van der Waals surface area contributed by atoms with Gasteiger partial charge in [-0.2, -0.15) is 0 Å². The molecule has 0 radical (unpaired) electrons. The molecule has 2 aliphatic rings. The molecule has 2 N–H and O–H groups in total. The van der Waals surface area contributed by atoms with Crippen LogP contribution in [-0.2, 0) is 16.8 Å². The molecule has 0 amide bonds. The van der Waals surface area contributed by atoms with E-state index in [-0.39, 0.29) is 6.02 Å². The van der Waals surface area contributed by atoms with Crippen molar-refractivity contribution in [1.82, 2.24) is 14.9 Å². The number of aromatic nitrogens is 2. The molecule has 0 bridgehead atoms. The van der Waals surface area contributed by atoms with Crippen LogP contribution in [-0.4, -0.2) is 41.6 Å². The summed E-state index contributed by atoms with van der Waals surface area (Å²) in [6, 6.07) is 12.4. The van der Waals surface area contributed by atoms with Gasteiger partial charge in [0.2, 0.25) is 0 Å². The van der Waals surface area contributed by atoms with Gasteiger partial charge in [0.25, 0.3) is 6.02 Å². The minimum atomic E-state index is -0.735. The third-order valence-electron chi connectivity index (χ3n) is 5.26. The molecule has 3 heterocycles. The molecular formula is C22H21N5O2. The van der Waals surface area contributed by atoms with Gasteiger partial charge in [-0.1, -0.05) is 12.1 Å². The van der Waals surface area contributed by atoms with Crippen LogP contribution in [0.5, 0.6) is 11.5 Å². The summed E-state index contributed by atoms with van der Waals surface area (Å²) in [7, 11) is 4.09. The quantitative estimate of drug-likeness (QED) is 0.744. The van der Waals surface area contributed by atoms with Crippen molar-refractivity contribution in [3.8, 4) is 22.6 Å². The number of aliphatic imine (C=N–C) groups is 1. The SMILES string of the molecule is CN(C)Cc1ccc2c(c1)[C@@]1(COC(N)=N1)c1cc(-c3cncnc3)ccc1O2. The molecule has 0 aliphatic carbocycles. The fourth-order valence-corrected chi connectivity index (χ4v) is 3.99. The zero-order valence-electron chi connectivity index (χ0n) is 16.3. The number of amidine groups is 1. The van der Waals surface area contributed by atoms with Crippen LogP contribution in [0.4, 0.5) is 0 Å². The molecule has 5 rings (SSSR count). The van der Waals surface area contributed by atoms with Crippen LogP contribution in [0.2, 0.25) is 0 Å². The summed E-state index contributed by atoms with van der Waals surface area (Å²) in [6.07, 6.45) is 5.10. The van der Waals surface area contributed by atoms with E-state index in [1.807, 2.05) is 32.3 Å². The topological polar surface area (TPSA) is 85.9 Å². The second-order valence-corrected chi connectivity index (χ2v) is 7.61. The first-order valence-corrected chi connectivity index (χ1v) is 9.39. The molecule has 7 nitrogen and oxygen atoms in total. The van der Waals surface area contributed by atoms with Crippen LogP contribution in [0, 0.1) is 0 Å². The van der Waals surface area contributed by atoms with Crippen molar-refractivity contribution in [3.63, 3.8) is 0 Å². The number of nitrogens with two attached hydrogens (primary N) is 1. The largest absolute Gasteiger partial charge is 0.462 e. The summed E-state index contributed by atoms with van der Waals surface area (Å²) in [5.74, 6) is 1.53. The molecule has 146 valence electrons. The monoisotopic (exact) mass is 387 g/mol. The Morgan fingerprint density at radius 3 is 2.41 bits per heavy atom. The molecule has 0 unspecified atom stereocenters. The van der Waals surface area contributed by atoms with Gasteiger partial charge in [0.15, 0.2) is 5.54 Å². The Balaban J connectivity index is 1.70. The van der Waals surface area contributed by atoms with E-state index in [4.69, 9.17) is 20.2 Å². The van der Waals surface area contributed by atoms with E-state index in [1.54, 1.807) is 12.4 Å². The van der Waals surface area contributed by atoms with Gasteiger partial charge in [-0.05, 0) is 49.5 Å².